The zero-order valence-electron chi connectivity index (χ0n) is 13.9. The summed E-state index contributed by atoms with van der Waals surface area (Å²) in [6, 6.07) is 12.7. The van der Waals surface area contributed by atoms with Crippen LogP contribution in [0, 0.1) is 0 Å². The molecule has 1 aliphatic rings. The zero-order valence-corrected chi connectivity index (χ0v) is 13.9. The number of hydrogen-bond donors (Lipinski definition) is 2. The lowest BCUT2D eigenvalue weighted by atomic mass is 10.2. The maximum atomic E-state index is 4.67. The van der Waals surface area contributed by atoms with Crippen molar-refractivity contribution >= 4 is 11.6 Å². The Morgan fingerprint density at radius 2 is 1.83 bits per heavy atom. The second-order valence-corrected chi connectivity index (χ2v) is 6.33. The fourth-order valence-corrected chi connectivity index (χ4v) is 2.38. The van der Waals surface area contributed by atoms with Gasteiger partial charge in [0, 0.05) is 24.2 Å². The predicted octanol–water partition coefficient (Wildman–Crippen LogP) is 3.08. The first-order chi connectivity index (χ1) is 11.2. The van der Waals surface area contributed by atoms with E-state index in [0.717, 1.165) is 42.5 Å². The molecule has 0 spiro atoms. The molecule has 122 valence electrons. The van der Waals surface area contributed by atoms with Gasteiger partial charge in [-0.1, -0.05) is 30.3 Å². The van der Waals surface area contributed by atoms with Gasteiger partial charge in [-0.25, -0.2) is 9.97 Å². The fraction of sp³-hybridized carbons (Fsp3) is 0.444. The largest absolute Gasteiger partial charge is 0.370 e. The summed E-state index contributed by atoms with van der Waals surface area (Å²) in [4.78, 5) is 11.5. The molecule has 2 aromatic rings. The lowest BCUT2D eigenvalue weighted by Gasteiger charge is -2.12. The van der Waals surface area contributed by atoms with Crippen LogP contribution in [0.5, 0.6) is 0 Å². The summed E-state index contributed by atoms with van der Waals surface area (Å²) >= 11 is 0. The molecule has 1 aliphatic carbocycles. The highest BCUT2D eigenvalue weighted by molar-refractivity contribution is 5.61. The zero-order chi connectivity index (χ0) is 16.1. The smallest absolute Gasteiger partial charge is 0.163 e. The molecule has 5 nitrogen and oxygen atoms in total. The van der Waals surface area contributed by atoms with E-state index in [4.69, 9.17) is 0 Å². The molecule has 5 heteroatoms. The van der Waals surface area contributed by atoms with Gasteiger partial charge in [0.25, 0.3) is 0 Å². The minimum absolute atomic E-state index is 0.579. The van der Waals surface area contributed by atoms with Crippen LogP contribution in [0.2, 0.25) is 0 Å². The molecule has 0 radical (unpaired) electrons. The SMILES string of the molecule is CN(C)CCCNc1cc(NC2CC2)nc(-c2ccccc2)n1. The van der Waals surface area contributed by atoms with E-state index in [1.165, 1.54) is 12.8 Å². The van der Waals surface area contributed by atoms with E-state index in [1.54, 1.807) is 0 Å². The van der Waals surface area contributed by atoms with E-state index in [9.17, 15) is 0 Å². The van der Waals surface area contributed by atoms with Gasteiger partial charge in [0.05, 0.1) is 0 Å². The molecular formula is C18H25N5. The van der Waals surface area contributed by atoms with Crippen molar-refractivity contribution in [1.29, 1.82) is 0 Å². The quantitative estimate of drug-likeness (QED) is 0.734. The number of nitrogens with one attached hydrogen (secondary N) is 2. The Labute approximate surface area is 138 Å². The summed E-state index contributed by atoms with van der Waals surface area (Å²) in [6.45, 7) is 1.98. The number of hydrogen-bond acceptors (Lipinski definition) is 5. The maximum absolute atomic E-state index is 4.67. The summed E-state index contributed by atoms with van der Waals surface area (Å²) in [5, 5.41) is 6.90. The molecule has 2 N–H and O–H groups in total. The lowest BCUT2D eigenvalue weighted by Crippen LogP contribution is -2.17. The Morgan fingerprint density at radius 1 is 1.09 bits per heavy atom. The first kappa shape index (κ1) is 15.7. The molecule has 1 fully saturated rings. The normalized spacial score (nSPS) is 14.0. The average Bonchev–Trinajstić information content (AvgIpc) is 3.36. The van der Waals surface area contributed by atoms with Crippen LogP contribution in [0.4, 0.5) is 11.6 Å². The number of benzene rings is 1. The molecule has 0 saturated heterocycles. The Kier molecular flexibility index (Phi) is 5.08. The van der Waals surface area contributed by atoms with Crippen molar-refractivity contribution < 1.29 is 0 Å². The van der Waals surface area contributed by atoms with Crippen LogP contribution in [0.1, 0.15) is 19.3 Å². The molecule has 0 bridgehead atoms. The topological polar surface area (TPSA) is 53.1 Å². The molecule has 23 heavy (non-hydrogen) atoms. The van der Waals surface area contributed by atoms with E-state index in [2.05, 4.69) is 39.6 Å². The molecule has 0 aliphatic heterocycles. The molecule has 0 amide bonds. The van der Waals surface area contributed by atoms with Crippen molar-refractivity contribution in [3.63, 3.8) is 0 Å². The summed E-state index contributed by atoms with van der Waals surface area (Å²) in [5.74, 6) is 2.57. The van der Waals surface area contributed by atoms with Crippen molar-refractivity contribution in [2.45, 2.75) is 25.3 Å². The summed E-state index contributed by atoms with van der Waals surface area (Å²) < 4.78 is 0. The first-order valence-corrected chi connectivity index (χ1v) is 8.30. The third-order valence-electron chi connectivity index (χ3n) is 3.78. The number of aromatic nitrogens is 2. The number of nitrogens with zero attached hydrogens (tertiary/aromatic N) is 3. The molecule has 3 rings (SSSR count). The summed E-state index contributed by atoms with van der Waals surface area (Å²) in [5.41, 5.74) is 1.04. The van der Waals surface area contributed by atoms with Crippen LogP contribution in [-0.2, 0) is 0 Å². The lowest BCUT2D eigenvalue weighted by molar-refractivity contribution is 0.405. The molecule has 1 aromatic heterocycles. The molecule has 0 atom stereocenters. The number of anilines is 2. The van der Waals surface area contributed by atoms with Gasteiger partial charge in [0.1, 0.15) is 11.6 Å². The minimum atomic E-state index is 0.579. The van der Waals surface area contributed by atoms with Gasteiger partial charge in [-0.2, -0.15) is 0 Å². The first-order valence-electron chi connectivity index (χ1n) is 8.30. The van der Waals surface area contributed by atoms with E-state index in [1.807, 2.05) is 36.4 Å². The van der Waals surface area contributed by atoms with Crippen molar-refractivity contribution in [2.75, 3.05) is 37.8 Å². The van der Waals surface area contributed by atoms with E-state index >= 15 is 0 Å². The van der Waals surface area contributed by atoms with Crippen LogP contribution in [-0.4, -0.2) is 48.1 Å². The van der Waals surface area contributed by atoms with Crippen molar-refractivity contribution in [3.8, 4) is 11.4 Å². The van der Waals surface area contributed by atoms with Gasteiger partial charge >= 0.3 is 0 Å². The Balaban J connectivity index is 1.74. The third-order valence-corrected chi connectivity index (χ3v) is 3.78. The molecule has 1 aromatic carbocycles. The second-order valence-electron chi connectivity index (χ2n) is 6.33. The summed E-state index contributed by atoms with van der Waals surface area (Å²) in [7, 11) is 4.19. The van der Waals surface area contributed by atoms with Crippen LogP contribution in [0.25, 0.3) is 11.4 Å². The highest BCUT2D eigenvalue weighted by Gasteiger charge is 2.22. The highest BCUT2D eigenvalue weighted by Crippen LogP contribution is 2.26. The average molecular weight is 311 g/mol. The van der Waals surface area contributed by atoms with Crippen LogP contribution < -0.4 is 10.6 Å². The molecule has 0 unspecified atom stereocenters. The van der Waals surface area contributed by atoms with E-state index in [-0.39, 0.29) is 0 Å². The van der Waals surface area contributed by atoms with Gasteiger partial charge in [-0.05, 0) is 39.9 Å². The highest BCUT2D eigenvalue weighted by atomic mass is 15.1. The van der Waals surface area contributed by atoms with E-state index < -0.39 is 0 Å². The Hall–Kier alpha value is -2.14. The predicted molar refractivity (Wildman–Crippen MR) is 95.8 cm³/mol. The monoisotopic (exact) mass is 311 g/mol. The van der Waals surface area contributed by atoms with Gasteiger partial charge in [-0.15, -0.1) is 0 Å². The standard InChI is InChI=1S/C18H25N5/c1-23(2)12-6-11-19-16-13-17(20-15-9-10-15)22-18(21-16)14-7-4-3-5-8-14/h3-5,7-8,13,15H,6,9-12H2,1-2H3,(H2,19,20,21,22). The maximum Gasteiger partial charge on any atom is 0.163 e. The van der Waals surface area contributed by atoms with Gasteiger partial charge < -0.3 is 15.5 Å². The molecule has 1 heterocycles. The third kappa shape index (κ3) is 4.93. The Bertz CT molecular complexity index is 623. The van der Waals surface area contributed by atoms with Crippen molar-refractivity contribution in [3.05, 3.63) is 36.4 Å². The summed E-state index contributed by atoms with van der Waals surface area (Å²) in [6.07, 6.45) is 3.55. The second kappa shape index (κ2) is 7.42. The molecular weight excluding hydrogens is 286 g/mol. The van der Waals surface area contributed by atoms with Gasteiger partial charge in [0.15, 0.2) is 5.82 Å². The fourth-order valence-electron chi connectivity index (χ4n) is 2.38. The van der Waals surface area contributed by atoms with Crippen molar-refractivity contribution in [2.24, 2.45) is 0 Å². The number of rotatable bonds is 8. The van der Waals surface area contributed by atoms with Crippen molar-refractivity contribution in [1.82, 2.24) is 14.9 Å². The minimum Gasteiger partial charge on any atom is -0.370 e. The Morgan fingerprint density at radius 3 is 2.52 bits per heavy atom. The van der Waals surface area contributed by atoms with Gasteiger partial charge in [0.2, 0.25) is 0 Å². The molecule has 1 saturated carbocycles. The van der Waals surface area contributed by atoms with E-state index in [0.29, 0.717) is 6.04 Å². The van der Waals surface area contributed by atoms with Crippen LogP contribution in [0.15, 0.2) is 36.4 Å². The van der Waals surface area contributed by atoms with Gasteiger partial charge in [-0.3, -0.25) is 0 Å². The van der Waals surface area contributed by atoms with Crippen LogP contribution in [0.3, 0.4) is 0 Å². The van der Waals surface area contributed by atoms with Crippen LogP contribution >= 0.6 is 0 Å².